The van der Waals surface area contributed by atoms with Crippen LogP contribution in [0.3, 0.4) is 0 Å². The summed E-state index contributed by atoms with van der Waals surface area (Å²) < 4.78 is 13.7. The molecule has 1 aliphatic rings. The fourth-order valence-electron chi connectivity index (χ4n) is 2.30. The van der Waals surface area contributed by atoms with E-state index in [2.05, 4.69) is 4.90 Å². The lowest BCUT2D eigenvalue weighted by Crippen LogP contribution is -2.49. The third kappa shape index (κ3) is 3.69. The number of halogens is 2. The molecule has 110 valence electrons. The Labute approximate surface area is 122 Å². The van der Waals surface area contributed by atoms with E-state index in [4.69, 9.17) is 16.7 Å². The van der Waals surface area contributed by atoms with E-state index < -0.39 is 5.82 Å². The second-order valence-corrected chi connectivity index (χ2v) is 5.27. The highest BCUT2D eigenvalue weighted by Gasteiger charge is 2.23. The zero-order valence-electron chi connectivity index (χ0n) is 11.2. The van der Waals surface area contributed by atoms with E-state index in [1.165, 1.54) is 12.1 Å². The first-order valence-corrected chi connectivity index (χ1v) is 7.07. The fourth-order valence-corrected chi connectivity index (χ4v) is 2.46. The molecule has 1 N–H and O–H groups in total. The van der Waals surface area contributed by atoms with Crippen LogP contribution in [0.2, 0.25) is 5.02 Å². The molecular formula is C14H18ClFN2O2. The molecule has 1 aromatic rings. The van der Waals surface area contributed by atoms with Gasteiger partial charge in [-0.15, -0.1) is 0 Å². The number of carbonyl (C=O) groups is 1. The maximum atomic E-state index is 13.7. The van der Waals surface area contributed by atoms with Gasteiger partial charge in [0.1, 0.15) is 5.82 Å². The van der Waals surface area contributed by atoms with Crippen molar-refractivity contribution in [2.45, 2.75) is 6.42 Å². The van der Waals surface area contributed by atoms with Gasteiger partial charge in [0.15, 0.2) is 0 Å². The smallest absolute Gasteiger partial charge is 0.256 e. The SMILES string of the molecule is O=C(c1ccc(Cl)cc1F)N1CCN(CCCO)CC1. The quantitative estimate of drug-likeness (QED) is 0.919. The van der Waals surface area contributed by atoms with E-state index in [-0.39, 0.29) is 23.1 Å². The molecule has 0 aromatic heterocycles. The van der Waals surface area contributed by atoms with Gasteiger partial charge in [-0.1, -0.05) is 11.6 Å². The number of benzene rings is 1. The third-order valence-electron chi connectivity index (χ3n) is 3.45. The van der Waals surface area contributed by atoms with Crippen molar-refractivity contribution in [2.24, 2.45) is 0 Å². The highest BCUT2D eigenvalue weighted by atomic mass is 35.5. The maximum Gasteiger partial charge on any atom is 0.256 e. The summed E-state index contributed by atoms with van der Waals surface area (Å²) in [6.07, 6.45) is 0.736. The number of nitrogens with zero attached hydrogens (tertiary/aromatic N) is 2. The number of rotatable bonds is 4. The lowest BCUT2D eigenvalue weighted by molar-refractivity contribution is 0.0624. The van der Waals surface area contributed by atoms with E-state index >= 15 is 0 Å². The molecule has 1 fully saturated rings. The van der Waals surface area contributed by atoms with Crippen LogP contribution in [0.15, 0.2) is 18.2 Å². The molecule has 0 radical (unpaired) electrons. The van der Waals surface area contributed by atoms with Crippen LogP contribution in [0.25, 0.3) is 0 Å². The van der Waals surface area contributed by atoms with Crippen LogP contribution in [0, 0.1) is 5.82 Å². The van der Waals surface area contributed by atoms with Gasteiger partial charge < -0.3 is 10.0 Å². The first kappa shape index (κ1) is 15.2. The highest BCUT2D eigenvalue weighted by Crippen LogP contribution is 2.17. The van der Waals surface area contributed by atoms with Crippen LogP contribution in [0.4, 0.5) is 4.39 Å². The number of carbonyl (C=O) groups excluding carboxylic acids is 1. The van der Waals surface area contributed by atoms with Crippen LogP contribution < -0.4 is 0 Å². The summed E-state index contributed by atoms with van der Waals surface area (Å²) in [7, 11) is 0. The van der Waals surface area contributed by atoms with Crippen LogP contribution in [-0.4, -0.2) is 60.1 Å². The molecular weight excluding hydrogens is 283 g/mol. The van der Waals surface area contributed by atoms with Gasteiger partial charge in [0.05, 0.1) is 5.56 Å². The van der Waals surface area contributed by atoms with Gasteiger partial charge >= 0.3 is 0 Å². The Hall–Kier alpha value is -1.17. The van der Waals surface area contributed by atoms with Gasteiger partial charge in [0.25, 0.3) is 5.91 Å². The second-order valence-electron chi connectivity index (χ2n) is 4.84. The molecule has 0 saturated carbocycles. The number of aliphatic hydroxyl groups excluding tert-OH is 1. The average molecular weight is 301 g/mol. The Morgan fingerprint density at radius 1 is 1.30 bits per heavy atom. The molecule has 2 rings (SSSR count). The minimum absolute atomic E-state index is 0.0678. The average Bonchev–Trinajstić information content (AvgIpc) is 2.45. The minimum Gasteiger partial charge on any atom is -0.396 e. The van der Waals surface area contributed by atoms with Crippen LogP contribution in [0.5, 0.6) is 0 Å². The topological polar surface area (TPSA) is 43.8 Å². The van der Waals surface area contributed by atoms with E-state index in [0.29, 0.717) is 13.1 Å². The Bertz CT molecular complexity index is 476. The molecule has 1 aromatic carbocycles. The largest absolute Gasteiger partial charge is 0.396 e. The maximum absolute atomic E-state index is 13.7. The van der Waals surface area contributed by atoms with E-state index in [0.717, 1.165) is 32.1 Å². The van der Waals surface area contributed by atoms with Gasteiger partial charge in [-0.05, 0) is 24.6 Å². The van der Waals surface area contributed by atoms with Crippen molar-refractivity contribution in [3.8, 4) is 0 Å². The molecule has 0 bridgehead atoms. The first-order chi connectivity index (χ1) is 9.61. The monoisotopic (exact) mass is 300 g/mol. The number of hydrogen-bond acceptors (Lipinski definition) is 3. The van der Waals surface area contributed by atoms with Crippen LogP contribution >= 0.6 is 11.6 Å². The van der Waals surface area contributed by atoms with Crippen molar-refractivity contribution in [3.05, 3.63) is 34.6 Å². The standard InChI is InChI=1S/C14H18ClFN2O2/c15-11-2-3-12(13(16)10-11)14(20)18-7-5-17(6-8-18)4-1-9-19/h2-3,10,19H,1,4-9H2. The Kier molecular flexibility index (Phi) is 5.34. The van der Waals surface area contributed by atoms with Crippen molar-refractivity contribution in [3.63, 3.8) is 0 Å². The normalized spacial score (nSPS) is 16.4. The summed E-state index contributed by atoms with van der Waals surface area (Å²) in [5.41, 5.74) is 0.0678. The number of aliphatic hydroxyl groups is 1. The lowest BCUT2D eigenvalue weighted by Gasteiger charge is -2.34. The number of amides is 1. The first-order valence-electron chi connectivity index (χ1n) is 6.69. The summed E-state index contributed by atoms with van der Waals surface area (Å²) in [4.78, 5) is 16.1. The molecule has 0 spiro atoms. The molecule has 0 unspecified atom stereocenters. The molecule has 1 aliphatic heterocycles. The van der Waals surface area contributed by atoms with Crippen molar-refractivity contribution in [1.82, 2.24) is 9.80 Å². The minimum atomic E-state index is -0.579. The summed E-state index contributed by atoms with van der Waals surface area (Å²) >= 11 is 5.68. The van der Waals surface area contributed by atoms with Crippen LogP contribution in [0.1, 0.15) is 16.8 Å². The van der Waals surface area contributed by atoms with Gasteiger partial charge in [0, 0.05) is 44.4 Å². The zero-order valence-corrected chi connectivity index (χ0v) is 11.9. The second kappa shape index (κ2) is 7.02. The molecule has 0 atom stereocenters. The fraction of sp³-hybridized carbons (Fsp3) is 0.500. The molecule has 4 nitrogen and oxygen atoms in total. The Balaban J connectivity index is 1.94. The summed E-state index contributed by atoms with van der Waals surface area (Å²) in [5, 5.41) is 9.08. The molecule has 6 heteroatoms. The van der Waals surface area contributed by atoms with E-state index in [1.54, 1.807) is 4.90 Å². The van der Waals surface area contributed by atoms with Gasteiger partial charge in [-0.2, -0.15) is 0 Å². The Morgan fingerprint density at radius 2 is 2.00 bits per heavy atom. The number of hydrogen-bond donors (Lipinski definition) is 1. The van der Waals surface area contributed by atoms with Gasteiger partial charge in [-0.25, -0.2) is 4.39 Å². The summed E-state index contributed by atoms with van der Waals surface area (Å²) in [5.74, 6) is -0.869. The third-order valence-corrected chi connectivity index (χ3v) is 3.69. The summed E-state index contributed by atoms with van der Waals surface area (Å²) in [6.45, 7) is 3.66. The summed E-state index contributed by atoms with van der Waals surface area (Å²) in [6, 6.07) is 4.11. The van der Waals surface area contributed by atoms with Crippen molar-refractivity contribution in [1.29, 1.82) is 0 Å². The highest BCUT2D eigenvalue weighted by molar-refractivity contribution is 6.30. The van der Waals surface area contributed by atoms with Gasteiger partial charge in [0.2, 0.25) is 0 Å². The zero-order chi connectivity index (χ0) is 14.5. The predicted octanol–water partition coefficient (Wildman–Crippen LogP) is 1.62. The van der Waals surface area contributed by atoms with Crippen molar-refractivity contribution in [2.75, 3.05) is 39.3 Å². The van der Waals surface area contributed by atoms with Crippen molar-refractivity contribution < 1.29 is 14.3 Å². The number of piperazine rings is 1. The molecule has 1 saturated heterocycles. The van der Waals surface area contributed by atoms with E-state index in [1.807, 2.05) is 0 Å². The predicted molar refractivity (Wildman–Crippen MR) is 75.5 cm³/mol. The molecule has 0 aliphatic carbocycles. The Morgan fingerprint density at radius 3 is 2.60 bits per heavy atom. The van der Waals surface area contributed by atoms with E-state index in [9.17, 15) is 9.18 Å². The molecule has 20 heavy (non-hydrogen) atoms. The molecule has 1 amide bonds. The lowest BCUT2D eigenvalue weighted by atomic mass is 10.1. The van der Waals surface area contributed by atoms with Crippen LogP contribution in [-0.2, 0) is 0 Å². The van der Waals surface area contributed by atoms with Gasteiger partial charge in [-0.3, -0.25) is 9.69 Å². The van der Waals surface area contributed by atoms with Crippen molar-refractivity contribution >= 4 is 17.5 Å². The molecule has 1 heterocycles.